The van der Waals surface area contributed by atoms with Crippen LogP contribution in [0.3, 0.4) is 0 Å². The molecule has 8 heteroatoms. The van der Waals surface area contributed by atoms with Gasteiger partial charge in [-0.1, -0.05) is 0 Å². The summed E-state index contributed by atoms with van der Waals surface area (Å²) in [4.78, 5) is 17.1. The van der Waals surface area contributed by atoms with E-state index in [0.717, 1.165) is 6.20 Å². The maximum atomic E-state index is 10.6. The highest BCUT2D eigenvalue weighted by atomic mass is 35.5. The quantitative estimate of drug-likeness (QED) is 0.327. The second-order valence-corrected chi connectivity index (χ2v) is 3.12. The third-order valence-corrected chi connectivity index (χ3v) is 1.82. The third kappa shape index (κ3) is 3.59. The monoisotopic (exact) mass is 247 g/mol. The lowest BCUT2D eigenvalue weighted by atomic mass is 10.5. The van der Waals surface area contributed by atoms with E-state index in [1.807, 2.05) is 0 Å². The van der Waals surface area contributed by atoms with Gasteiger partial charge in [0.15, 0.2) is 0 Å². The fraction of sp³-hybridized carbons (Fsp3) is 0.500. The molecular formula is C8H10ClN3O4. The number of halogens is 1. The molecule has 0 aromatic carbocycles. The normalized spacial score (nSPS) is 10.1. The molecule has 0 saturated heterocycles. The van der Waals surface area contributed by atoms with Crippen LogP contribution >= 0.6 is 11.6 Å². The molecule has 1 aromatic heterocycles. The maximum absolute atomic E-state index is 10.6. The highest BCUT2D eigenvalue weighted by molar-refractivity contribution is 6.28. The van der Waals surface area contributed by atoms with Gasteiger partial charge in [0.2, 0.25) is 5.28 Å². The van der Waals surface area contributed by atoms with Crippen LogP contribution in [0.5, 0.6) is 5.88 Å². The standard InChI is InChI=1S/C8H10ClN3O4/c1-15-3-2-4-16-7-6(12(13)14)5-10-8(9)11-7/h5H,2-4H2,1H3. The first kappa shape index (κ1) is 12.6. The smallest absolute Gasteiger partial charge is 0.349 e. The summed E-state index contributed by atoms with van der Waals surface area (Å²) in [7, 11) is 1.56. The first-order chi connectivity index (χ1) is 7.65. The Bertz CT molecular complexity index is 374. The number of methoxy groups -OCH3 is 1. The van der Waals surface area contributed by atoms with E-state index in [9.17, 15) is 10.1 Å². The molecule has 0 bridgehead atoms. The van der Waals surface area contributed by atoms with Gasteiger partial charge in [0.05, 0.1) is 11.5 Å². The van der Waals surface area contributed by atoms with Crippen LogP contribution < -0.4 is 4.74 Å². The Kier molecular flexibility index (Phi) is 4.87. The Hall–Kier alpha value is -1.47. The predicted octanol–water partition coefficient (Wildman–Crippen LogP) is 1.45. The molecule has 0 amide bonds. The Morgan fingerprint density at radius 2 is 2.31 bits per heavy atom. The van der Waals surface area contributed by atoms with E-state index >= 15 is 0 Å². The van der Waals surface area contributed by atoms with Gasteiger partial charge in [0.1, 0.15) is 6.20 Å². The molecule has 88 valence electrons. The highest BCUT2D eigenvalue weighted by Crippen LogP contribution is 2.24. The van der Waals surface area contributed by atoms with Gasteiger partial charge in [0.25, 0.3) is 5.88 Å². The van der Waals surface area contributed by atoms with Crippen LogP contribution in [0.1, 0.15) is 6.42 Å². The fourth-order valence-corrected chi connectivity index (χ4v) is 1.07. The number of nitro groups is 1. The highest BCUT2D eigenvalue weighted by Gasteiger charge is 2.18. The van der Waals surface area contributed by atoms with Crippen molar-refractivity contribution in [2.45, 2.75) is 6.42 Å². The molecule has 0 unspecified atom stereocenters. The zero-order chi connectivity index (χ0) is 12.0. The summed E-state index contributed by atoms with van der Waals surface area (Å²) >= 11 is 5.51. The van der Waals surface area contributed by atoms with E-state index in [2.05, 4.69) is 9.97 Å². The van der Waals surface area contributed by atoms with Crippen LogP contribution in [-0.4, -0.2) is 35.2 Å². The van der Waals surface area contributed by atoms with Crippen LogP contribution in [0.2, 0.25) is 5.28 Å². The average molecular weight is 248 g/mol. The van der Waals surface area contributed by atoms with Crippen molar-refractivity contribution < 1.29 is 14.4 Å². The van der Waals surface area contributed by atoms with Crippen molar-refractivity contribution in [3.8, 4) is 5.88 Å². The largest absolute Gasteiger partial charge is 0.473 e. The second kappa shape index (κ2) is 6.19. The fourth-order valence-electron chi connectivity index (χ4n) is 0.943. The van der Waals surface area contributed by atoms with Crippen molar-refractivity contribution in [2.75, 3.05) is 20.3 Å². The Balaban J connectivity index is 2.68. The van der Waals surface area contributed by atoms with Crippen LogP contribution in [0.15, 0.2) is 6.20 Å². The van der Waals surface area contributed by atoms with Crippen molar-refractivity contribution in [3.63, 3.8) is 0 Å². The summed E-state index contributed by atoms with van der Waals surface area (Å²) in [6.07, 6.45) is 1.62. The zero-order valence-electron chi connectivity index (χ0n) is 8.55. The molecule has 0 spiro atoms. The third-order valence-electron chi connectivity index (χ3n) is 1.63. The van der Waals surface area contributed by atoms with Crippen LogP contribution in [0.4, 0.5) is 5.69 Å². The molecule has 0 aliphatic carbocycles. The van der Waals surface area contributed by atoms with E-state index in [1.165, 1.54) is 0 Å². The first-order valence-electron chi connectivity index (χ1n) is 4.44. The lowest BCUT2D eigenvalue weighted by Crippen LogP contribution is -2.05. The molecule has 0 fully saturated rings. The lowest BCUT2D eigenvalue weighted by Gasteiger charge is -2.04. The molecule has 0 atom stereocenters. The summed E-state index contributed by atoms with van der Waals surface area (Å²) in [5, 5.41) is 10.5. The Morgan fingerprint density at radius 1 is 1.56 bits per heavy atom. The van der Waals surface area contributed by atoms with E-state index in [4.69, 9.17) is 21.1 Å². The predicted molar refractivity (Wildman–Crippen MR) is 55.7 cm³/mol. The van der Waals surface area contributed by atoms with Gasteiger partial charge in [-0.05, 0) is 11.6 Å². The van der Waals surface area contributed by atoms with Gasteiger partial charge in [-0.3, -0.25) is 10.1 Å². The number of hydrogen-bond acceptors (Lipinski definition) is 6. The van der Waals surface area contributed by atoms with Crippen molar-refractivity contribution in [3.05, 3.63) is 21.6 Å². The molecule has 0 aliphatic rings. The minimum atomic E-state index is -0.623. The number of hydrogen-bond donors (Lipinski definition) is 0. The summed E-state index contributed by atoms with van der Waals surface area (Å²) < 4.78 is 9.93. The van der Waals surface area contributed by atoms with E-state index in [1.54, 1.807) is 7.11 Å². The van der Waals surface area contributed by atoms with Gasteiger partial charge in [0, 0.05) is 20.1 Å². The molecule has 0 radical (unpaired) electrons. The Labute approximate surface area is 96.5 Å². The topological polar surface area (TPSA) is 87.4 Å². The summed E-state index contributed by atoms with van der Waals surface area (Å²) in [5.74, 6) is -0.124. The number of aromatic nitrogens is 2. The summed E-state index contributed by atoms with van der Waals surface area (Å²) in [6, 6.07) is 0. The van der Waals surface area contributed by atoms with Crippen molar-refractivity contribution in [1.29, 1.82) is 0 Å². The molecule has 1 heterocycles. The molecule has 0 saturated carbocycles. The van der Waals surface area contributed by atoms with Crippen molar-refractivity contribution in [1.82, 2.24) is 9.97 Å². The number of ether oxygens (including phenoxy) is 2. The Morgan fingerprint density at radius 3 is 2.94 bits per heavy atom. The van der Waals surface area contributed by atoms with Gasteiger partial charge < -0.3 is 9.47 Å². The zero-order valence-corrected chi connectivity index (χ0v) is 9.31. The van der Waals surface area contributed by atoms with E-state index in [0.29, 0.717) is 13.0 Å². The first-order valence-corrected chi connectivity index (χ1v) is 4.81. The molecular weight excluding hydrogens is 238 g/mol. The summed E-state index contributed by atoms with van der Waals surface area (Å²) in [6.45, 7) is 0.772. The van der Waals surface area contributed by atoms with E-state index < -0.39 is 4.92 Å². The number of nitrogens with zero attached hydrogens (tertiary/aromatic N) is 3. The van der Waals surface area contributed by atoms with Gasteiger partial charge >= 0.3 is 5.69 Å². The van der Waals surface area contributed by atoms with Gasteiger partial charge in [-0.15, -0.1) is 0 Å². The minimum absolute atomic E-state index is 0.0904. The van der Waals surface area contributed by atoms with Gasteiger partial charge in [-0.25, -0.2) is 4.98 Å². The van der Waals surface area contributed by atoms with E-state index in [-0.39, 0.29) is 23.5 Å². The average Bonchev–Trinajstić information content (AvgIpc) is 2.24. The number of rotatable bonds is 6. The molecule has 16 heavy (non-hydrogen) atoms. The maximum Gasteiger partial charge on any atom is 0.349 e. The van der Waals surface area contributed by atoms with Crippen molar-refractivity contribution >= 4 is 17.3 Å². The van der Waals surface area contributed by atoms with Crippen molar-refractivity contribution in [2.24, 2.45) is 0 Å². The molecule has 7 nitrogen and oxygen atoms in total. The molecule has 0 aliphatic heterocycles. The lowest BCUT2D eigenvalue weighted by molar-refractivity contribution is -0.386. The molecule has 1 rings (SSSR count). The molecule has 1 aromatic rings. The van der Waals surface area contributed by atoms with Crippen LogP contribution in [0.25, 0.3) is 0 Å². The van der Waals surface area contributed by atoms with Crippen LogP contribution in [0, 0.1) is 10.1 Å². The SMILES string of the molecule is COCCCOc1nc(Cl)ncc1[N+](=O)[O-]. The van der Waals surface area contributed by atoms with Gasteiger partial charge in [-0.2, -0.15) is 4.98 Å². The van der Waals surface area contributed by atoms with Crippen LogP contribution in [-0.2, 0) is 4.74 Å². The summed E-state index contributed by atoms with van der Waals surface area (Å²) in [5.41, 5.74) is -0.304. The molecule has 0 N–H and O–H groups in total. The minimum Gasteiger partial charge on any atom is -0.473 e. The second-order valence-electron chi connectivity index (χ2n) is 2.78.